The number of likely N-dealkylation sites (tertiary alicyclic amines) is 1. The van der Waals surface area contributed by atoms with Crippen LogP contribution in [0.1, 0.15) is 31.2 Å². The summed E-state index contributed by atoms with van der Waals surface area (Å²) in [6.45, 7) is 2.03. The number of amides is 1. The quantitative estimate of drug-likeness (QED) is 0.636. The van der Waals surface area contributed by atoms with E-state index in [1.165, 1.54) is 9.21 Å². The van der Waals surface area contributed by atoms with Gasteiger partial charge in [-0.05, 0) is 37.8 Å². The third-order valence-electron chi connectivity index (χ3n) is 6.40. The number of sulfonamides is 1. The van der Waals surface area contributed by atoms with Crippen LogP contribution in [0.2, 0.25) is 0 Å². The summed E-state index contributed by atoms with van der Waals surface area (Å²) in [4.78, 5) is 27.7. The summed E-state index contributed by atoms with van der Waals surface area (Å²) in [5.74, 6) is -0.647. The Morgan fingerprint density at radius 3 is 2.47 bits per heavy atom. The second kappa shape index (κ2) is 8.13. The molecule has 9 heteroatoms. The maximum atomic E-state index is 13.8. The standard InChI is InChI=1S/C21H27ClN2O5S/c1-13-7-9-15(10-8-13)24(30(2,27)28)18(14-5-3-4-6-14)21(26)23-11-16(22)20-19(23)17(25)12-29-20/h7-10,14,16,18-20H,3-6,11-12H2,1-2H3/t16-,18?,19+,20+/m0/s1. The Labute approximate surface area is 182 Å². The molecule has 7 nitrogen and oxygen atoms in total. The van der Waals surface area contributed by atoms with Gasteiger partial charge >= 0.3 is 0 Å². The van der Waals surface area contributed by atoms with Crippen LogP contribution >= 0.6 is 11.6 Å². The van der Waals surface area contributed by atoms with Gasteiger partial charge in [-0.25, -0.2) is 8.42 Å². The number of ketones is 1. The lowest BCUT2D eigenvalue weighted by Crippen LogP contribution is -2.56. The second-order valence-electron chi connectivity index (χ2n) is 8.58. The Morgan fingerprint density at radius 2 is 1.87 bits per heavy atom. The van der Waals surface area contributed by atoms with E-state index in [2.05, 4.69) is 0 Å². The van der Waals surface area contributed by atoms with E-state index in [0.717, 1.165) is 37.5 Å². The molecule has 3 fully saturated rings. The zero-order valence-electron chi connectivity index (χ0n) is 17.2. The van der Waals surface area contributed by atoms with Crippen molar-refractivity contribution in [1.82, 2.24) is 4.90 Å². The molecule has 2 heterocycles. The number of ether oxygens (including phenoxy) is 1. The van der Waals surface area contributed by atoms with E-state index in [9.17, 15) is 18.0 Å². The summed E-state index contributed by atoms with van der Waals surface area (Å²) in [6.07, 6.45) is 4.04. The number of nitrogens with zero attached hydrogens (tertiary/aromatic N) is 2. The number of hydrogen-bond donors (Lipinski definition) is 0. The molecule has 2 saturated heterocycles. The summed E-state index contributed by atoms with van der Waals surface area (Å²) in [5, 5.41) is -0.485. The molecule has 0 N–H and O–H groups in total. The molecule has 4 rings (SSSR count). The Morgan fingerprint density at radius 1 is 1.23 bits per heavy atom. The fourth-order valence-corrected chi connectivity index (χ4v) is 6.55. The average molecular weight is 455 g/mol. The lowest BCUT2D eigenvalue weighted by Gasteiger charge is -2.37. The Bertz CT molecular complexity index is 929. The topological polar surface area (TPSA) is 84.0 Å². The first-order valence-corrected chi connectivity index (χ1v) is 12.6. The highest BCUT2D eigenvalue weighted by Crippen LogP contribution is 2.38. The van der Waals surface area contributed by atoms with Gasteiger partial charge in [0.25, 0.3) is 0 Å². The van der Waals surface area contributed by atoms with Gasteiger partial charge in [-0.1, -0.05) is 30.5 Å². The molecular formula is C21H27ClN2O5S. The SMILES string of the molecule is Cc1ccc(N(C(C(=O)N2C[C@H](Cl)[C@H]3OCC(=O)[C@H]32)C2CCCC2)S(C)(=O)=O)cc1. The van der Waals surface area contributed by atoms with Gasteiger partial charge in [0.05, 0.1) is 17.3 Å². The molecule has 4 atom stereocenters. The van der Waals surface area contributed by atoms with Gasteiger partial charge in [0.1, 0.15) is 24.8 Å². The highest BCUT2D eigenvalue weighted by molar-refractivity contribution is 7.92. The number of alkyl halides is 1. The van der Waals surface area contributed by atoms with Crippen molar-refractivity contribution in [3.05, 3.63) is 29.8 Å². The van der Waals surface area contributed by atoms with Gasteiger partial charge in [0.2, 0.25) is 15.9 Å². The zero-order chi connectivity index (χ0) is 21.6. The van der Waals surface area contributed by atoms with Gasteiger partial charge in [0, 0.05) is 6.54 Å². The summed E-state index contributed by atoms with van der Waals surface area (Å²) in [6, 6.07) is 5.49. The number of fused-ring (bicyclic) bond motifs is 1. The minimum atomic E-state index is -3.75. The minimum Gasteiger partial charge on any atom is -0.366 e. The smallest absolute Gasteiger partial charge is 0.247 e. The van der Waals surface area contributed by atoms with E-state index < -0.39 is 33.6 Å². The first kappa shape index (κ1) is 21.6. The van der Waals surface area contributed by atoms with E-state index in [1.807, 2.05) is 19.1 Å². The molecule has 2 aliphatic heterocycles. The molecule has 1 aromatic carbocycles. The van der Waals surface area contributed by atoms with Crippen molar-refractivity contribution in [2.75, 3.05) is 23.7 Å². The number of hydrogen-bond acceptors (Lipinski definition) is 5. The van der Waals surface area contributed by atoms with Gasteiger partial charge in [-0.15, -0.1) is 11.6 Å². The molecule has 1 saturated carbocycles. The Kier molecular flexibility index (Phi) is 5.85. The first-order chi connectivity index (χ1) is 14.2. The lowest BCUT2D eigenvalue weighted by molar-refractivity contribution is -0.138. The van der Waals surface area contributed by atoms with Crippen molar-refractivity contribution in [3.63, 3.8) is 0 Å². The average Bonchev–Trinajstić information content (AvgIpc) is 3.40. The maximum Gasteiger partial charge on any atom is 0.247 e. The molecule has 1 aliphatic carbocycles. The molecule has 1 aromatic rings. The predicted molar refractivity (Wildman–Crippen MR) is 114 cm³/mol. The fraction of sp³-hybridized carbons (Fsp3) is 0.619. The van der Waals surface area contributed by atoms with Gasteiger partial charge in [0.15, 0.2) is 5.78 Å². The number of halogens is 1. The summed E-state index contributed by atoms with van der Waals surface area (Å²) in [7, 11) is -3.75. The van der Waals surface area contributed by atoms with Crippen LogP contribution in [0.25, 0.3) is 0 Å². The predicted octanol–water partition coefficient (Wildman–Crippen LogP) is 2.11. The van der Waals surface area contributed by atoms with Crippen molar-refractivity contribution in [1.29, 1.82) is 0 Å². The molecule has 0 bridgehead atoms. The minimum absolute atomic E-state index is 0.0653. The Balaban J connectivity index is 1.76. The number of anilines is 1. The molecule has 30 heavy (non-hydrogen) atoms. The zero-order valence-corrected chi connectivity index (χ0v) is 18.7. The third-order valence-corrected chi connectivity index (χ3v) is 7.94. The molecule has 0 radical (unpaired) electrons. The van der Waals surface area contributed by atoms with Crippen molar-refractivity contribution < 1.29 is 22.7 Å². The molecule has 0 aromatic heterocycles. The number of benzene rings is 1. The van der Waals surface area contributed by atoms with E-state index in [4.69, 9.17) is 16.3 Å². The van der Waals surface area contributed by atoms with Gasteiger partial charge < -0.3 is 9.64 Å². The summed E-state index contributed by atoms with van der Waals surface area (Å²) >= 11 is 6.38. The van der Waals surface area contributed by atoms with Crippen molar-refractivity contribution >= 4 is 39.0 Å². The second-order valence-corrected chi connectivity index (χ2v) is 11.0. The van der Waals surface area contributed by atoms with Gasteiger partial charge in [-0.2, -0.15) is 0 Å². The third kappa shape index (κ3) is 3.85. The number of Topliss-reactive ketones (excluding diaryl/α,β-unsaturated/α-hetero) is 1. The molecule has 3 aliphatic rings. The van der Waals surface area contributed by atoms with Crippen LogP contribution in [-0.2, 0) is 24.3 Å². The number of carbonyl (C=O) groups is 2. The molecule has 1 amide bonds. The van der Waals surface area contributed by atoms with Crippen LogP contribution < -0.4 is 4.31 Å². The van der Waals surface area contributed by atoms with Crippen LogP contribution in [0.5, 0.6) is 0 Å². The lowest BCUT2D eigenvalue weighted by atomic mass is 9.95. The first-order valence-electron chi connectivity index (χ1n) is 10.3. The normalized spacial score (nSPS) is 28.0. The number of rotatable bonds is 5. The van der Waals surface area contributed by atoms with Crippen molar-refractivity contribution in [2.24, 2.45) is 5.92 Å². The van der Waals surface area contributed by atoms with E-state index >= 15 is 0 Å². The van der Waals surface area contributed by atoms with Crippen LogP contribution in [0.4, 0.5) is 5.69 Å². The van der Waals surface area contributed by atoms with Gasteiger partial charge in [-0.3, -0.25) is 13.9 Å². The number of carbonyl (C=O) groups excluding carboxylic acids is 2. The highest BCUT2D eigenvalue weighted by Gasteiger charge is 2.54. The van der Waals surface area contributed by atoms with Crippen molar-refractivity contribution in [3.8, 4) is 0 Å². The molecule has 0 spiro atoms. The molecular weight excluding hydrogens is 428 g/mol. The van der Waals surface area contributed by atoms with E-state index in [0.29, 0.717) is 5.69 Å². The van der Waals surface area contributed by atoms with Crippen LogP contribution in [0, 0.1) is 12.8 Å². The molecule has 164 valence electrons. The van der Waals surface area contributed by atoms with Crippen LogP contribution in [-0.4, -0.2) is 68.0 Å². The highest BCUT2D eigenvalue weighted by atomic mass is 35.5. The van der Waals surface area contributed by atoms with Crippen LogP contribution in [0.3, 0.4) is 0 Å². The van der Waals surface area contributed by atoms with Crippen molar-refractivity contribution in [2.45, 2.75) is 56.2 Å². The monoisotopic (exact) mass is 454 g/mol. The number of aryl methyl sites for hydroxylation is 1. The summed E-state index contributed by atoms with van der Waals surface area (Å²) < 4.78 is 32.6. The summed E-state index contributed by atoms with van der Waals surface area (Å²) in [5.41, 5.74) is 1.46. The largest absolute Gasteiger partial charge is 0.366 e. The fourth-order valence-electron chi connectivity index (χ4n) is 5.01. The van der Waals surface area contributed by atoms with E-state index in [1.54, 1.807) is 12.1 Å². The van der Waals surface area contributed by atoms with E-state index in [-0.39, 0.29) is 30.8 Å². The molecule has 1 unspecified atom stereocenters. The Hall–Kier alpha value is -1.64. The maximum absolute atomic E-state index is 13.8. The van der Waals surface area contributed by atoms with Crippen LogP contribution in [0.15, 0.2) is 24.3 Å².